The van der Waals surface area contributed by atoms with E-state index in [-0.39, 0.29) is 23.6 Å². The van der Waals surface area contributed by atoms with Crippen LogP contribution in [0.4, 0.5) is 0 Å². The van der Waals surface area contributed by atoms with E-state index in [0.29, 0.717) is 43.6 Å². The van der Waals surface area contributed by atoms with Crippen LogP contribution in [0.5, 0.6) is 0 Å². The minimum absolute atomic E-state index is 0.0333. The average molecular weight is 432 g/mol. The molecule has 0 spiro atoms. The number of carbonyl (C=O) groups is 4. The van der Waals surface area contributed by atoms with Crippen LogP contribution in [0, 0.1) is 17.8 Å². The molecule has 1 saturated heterocycles. The van der Waals surface area contributed by atoms with Crippen LogP contribution in [0.3, 0.4) is 0 Å². The maximum Gasteiger partial charge on any atom is 0.253 e. The summed E-state index contributed by atoms with van der Waals surface area (Å²) in [5, 5.41) is 6.39. The molecule has 2 N–H and O–H groups in total. The van der Waals surface area contributed by atoms with Crippen molar-refractivity contribution >= 4 is 23.5 Å². The van der Waals surface area contributed by atoms with Gasteiger partial charge in [-0.2, -0.15) is 0 Å². The van der Waals surface area contributed by atoms with Crippen molar-refractivity contribution in [2.75, 3.05) is 26.2 Å². The summed E-state index contributed by atoms with van der Waals surface area (Å²) in [5.74, 6) is 1.05. The SMILES string of the molecule is O=C(CCCCCNC(=O)C1CCC(CN2C(=O)C=CC2=O)CC1)CC[C@H]1CCNC1. The molecule has 0 aromatic heterocycles. The molecule has 1 saturated carbocycles. The Kier molecular flexibility index (Phi) is 9.25. The first-order valence-electron chi connectivity index (χ1n) is 12.1. The summed E-state index contributed by atoms with van der Waals surface area (Å²) in [4.78, 5) is 49.1. The van der Waals surface area contributed by atoms with Crippen molar-refractivity contribution < 1.29 is 19.2 Å². The molecule has 0 unspecified atom stereocenters. The van der Waals surface area contributed by atoms with Gasteiger partial charge in [-0.05, 0) is 76.3 Å². The molecule has 7 nitrogen and oxygen atoms in total. The highest BCUT2D eigenvalue weighted by atomic mass is 16.2. The molecule has 1 atom stereocenters. The number of amides is 3. The van der Waals surface area contributed by atoms with E-state index in [1.165, 1.54) is 23.5 Å². The van der Waals surface area contributed by atoms with Crippen LogP contribution in [0.2, 0.25) is 0 Å². The molecule has 2 fully saturated rings. The van der Waals surface area contributed by atoms with Crippen molar-refractivity contribution in [3.05, 3.63) is 12.2 Å². The van der Waals surface area contributed by atoms with E-state index in [1.54, 1.807) is 0 Å². The second kappa shape index (κ2) is 12.1. The minimum Gasteiger partial charge on any atom is -0.356 e. The standard InChI is InChI=1S/C24H37N3O4/c28-21(10-7-18-13-15-25-16-18)4-2-1-3-14-26-24(31)20-8-5-19(6-9-20)17-27-22(29)11-12-23(27)30/h11-12,18-20,25H,1-10,13-17H2,(H,26,31)/t18-,19?,20?/m0/s1. The third-order valence-electron chi connectivity index (χ3n) is 6.98. The number of hydrogen-bond donors (Lipinski definition) is 2. The predicted octanol–water partition coefficient (Wildman–Crippen LogP) is 2.35. The molecule has 7 heteroatoms. The lowest BCUT2D eigenvalue weighted by Crippen LogP contribution is -2.38. The quantitative estimate of drug-likeness (QED) is 0.365. The average Bonchev–Trinajstić information content (AvgIpc) is 3.40. The number of carbonyl (C=O) groups excluding carboxylic acids is 4. The van der Waals surface area contributed by atoms with Gasteiger partial charge in [-0.25, -0.2) is 0 Å². The largest absolute Gasteiger partial charge is 0.356 e. The fourth-order valence-corrected chi connectivity index (χ4v) is 4.91. The van der Waals surface area contributed by atoms with Crippen molar-refractivity contribution in [1.82, 2.24) is 15.5 Å². The van der Waals surface area contributed by atoms with Crippen LogP contribution in [0.1, 0.15) is 70.6 Å². The number of ketones is 1. The summed E-state index contributed by atoms with van der Waals surface area (Å²) < 4.78 is 0. The molecule has 2 aliphatic heterocycles. The Morgan fingerprint density at radius 1 is 0.935 bits per heavy atom. The number of hydrogen-bond acceptors (Lipinski definition) is 5. The molecule has 2 heterocycles. The fraction of sp³-hybridized carbons (Fsp3) is 0.750. The zero-order valence-electron chi connectivity index (χ0n) is 18.6. The molecule has 31 heavy (non-hydrogen) atoms. The van der Waals surface area contributed by atoms with Crippen LogP contribution in [-0.4, -0.2) is 54.6 Å². The zero-order chi connectivity index (χ0) is 22.1. The number of rotatable bonds is 12. The summed E-state index contributed by atoms with van der Waals surface area (Å²) in [7, 11) is 0. The van der Waals surface area contributed by atoms with Crippen LogP contribution in [0.25, 0.3) is 0 Å². The van der Waals surface area contributed by atoms with Crippen LogP contribution in [0.15, 0.2) is 12.2 Å². The molecular weight excluding hydrogens is 394 g/mol. The second-order valence-electron chi connectivity index (χ2n) is 9.38. The van der Waals surface area contributed by atoms with Crippen LogP contribution >= 0.6 is 0 Å². The summed E-state index contributed by atoms with van der Waals surface area (Å²) in [6.45, 7) is 3.28. The lowest BCUT2D eigenvalue weighted by molar-refractivity contribution is -0.138. The molecular formula is C24H37N3O4. The van der Waals surface area contributed by atoms with Crippen LogP contribution in [-0.2, 0) is 19.2 Å². The van der Waals surface area contributed by atoms with E-state index >= 15 is 0 Å². The van der Waals surface area contributed by atoms with Gasteiger partial charge in [0.25, 0.3) is 11.8 Å². The van der Waals surface area contributed by atoms with Crippen molar-refractivity contribution in [3.8, 4) is 0 Å². The molecule has 172 valence electrons. The Morgan fingerprint density at radius 2 is 1.68 bits per heavy atom. The van der Waals surface area contributed by atoms with Gasteiger partial charge in [0, 0.05) is 44.0 Å². The minimum atomic E-state index is -0.224. The molecule has 3 rings (SSSR count). The van der Waals surface area contributed by atoms with E-state index in [1.807, 2.05) is 0 Å². The van der Waals surface area contributed by atoms with Crippen LogP contribution < -0.4 is 10.6 Å². The molecule has 1 aliphatic carbocycles. The van der Waals surface area contributed by atoms with E-state index in [4.69, 9.17) is 0 Å². The maximum atomic E-state index is 12.4. The van der Waals surface area contributed by atoms with Crippen molar-refractivity contribution in [2.24, 2.45) is 17.8 Å². The van der Waals surface area contributed by atoms with E-state index in [0.717, 1.165) is 64.5 Å². The number of nitrogens with one attached hydrogen (secondary N) is 2. The summed E-state index contributed by atoms with van der Waals surface area (Å²) in [6.07, 6.45) is 12.4. The summed E-state index contributed by atoms with van der Waals surface area (Å²) in [6, 6.07) is 0. The predicted molar refractivity (Wildman–Crippen MR) is 118 cm³/mol. The Balaban J connectivity index is 1.19. The van der Waals surface area contributed by atoms with Gasteiger partial charge < -0.3 is 10.6 Å². The number of nitrogens with zero attached hydrogens (tertiary/aromatic N) is 1. The summed E-state index contributed by atoms with van der Waals surface area (Å²) in [5.41, 5.74) is 0. The fourth-order valence-electron chi connectivity index (χ4n) is 4.91. The first kappa shape index (κ1) is 23.6. The molecule has 0 bridgehead atoms. The Bertz CT molecular complexity index is 658. The third-order valence-corrected chi connectivity index (χ3v) is 6.98. The highest BCUT2D eigenvalue weighted by molar-refractivity contribution is 6.12. The van der Waals surface area contributed by atoms with Gasteiger partial charge >= 0.3 is 0 Å². The molecule has 0 aromatic rings. The van der Waals surface area contributed by atoms with E-state index in [9.17, 15) is 19.2 Å². The van der Waals surface area contributed by atoms with Gasteiger partial charge in [-0.15, -0.1) is 0 Å². The van der Waals surface area contributed by atoms with Gasteiger partial charge in [0.1, 0.15) is 5.78 Å². The maximum absolute atomic E-state index is 12.4. The topological polar surface area (TPSA) is 95.6 Å². The van der Waals surface area contributed by atoms with Crippen molar-refractivity contribution in [1.29, 1.82) is 0 Å². The van der Waals surface area contributed by atoms with Gasteiger partial charge in [0.2, 0.25) is 5.91 Å². The molecule has 3 amide bonds. The summed E-state index contributed by atoms with van der Waals surface area (Å²) >= 11 is 0. The Hall–Kier alpha value is -2.02. The van der Waals surface area contributed by atoms with E-state index < -0.39 is 0 Å². The normalized spacial score (nSPS) is 25.9. The number of imide groups is 1. The third kappa shape index (κ3) is 7.56. The van der Waals surface area contributed by atoms with Gasteiger partial charge in [-0.1, -0.05) is 6.42 Å². The smallest absolute Gasteiger partial charge is 0.253 e. The van der Waals surface area contributed by atoms with Gasteiger partial charge in [-0.3, -0.25) is 24.1 Å². The lowest BCUT2D eigenvalue weighted by atomic mass is 9.81. The molecule has 0 radical (unpaired) electrons. The first-order chi connectivity index (χ1) is 15.0. The highest BCUT2D eigenvalue weighted by Crippen LogP contribution is 2.30. The molecule has 3 aliphatic rings. The number of unbranched alkanes of at least 4 members (excludes halogenated alkanes) is 2. The second-order valence-corrected chi connectivity index (χ2v) is 9.38. The Morgan fingerprint density at radius 3 is 2.35 bits per heavy atom. The van der Waals surface area contributed by atoms with Crippen molar-refractivity contribution in [3.63, 3.8) is 0 Å². The van der Waals surface area contributed by atoms with E-state index in [2.05, 4.69) is 10.6 Å². The first-order valence-corrected chi connectivity index (χ1v) is 12.1. The van der Waals surface area contributed by atoms with Gasteiger partial charge in [0.05, 0.1) is 0 Å². The lowest BCUT2D eigenvalue weighted by Gasteiger charge is -2.30. The molecule has 0 aromatic carbocycles. The van der Waals surface area contributed by atoms with Crippen molar-refractivity contribution in [2.45, 2.75) is 70.6 Å². The number of Topliss-reactive ketones (excluding diaryl/α,β-unsaturated/α-hetero) is 1. The monoisotopic (exact) mass is 431 g/mol. The Labute approximate surface area is 185 Å². The zero-order valence-corrected chi connectivity index (χ0v) is 18.6. The highest BCUT2D eigenvalue weighted by Gasteiger charge is 2.31. The van der Waals surface area contributed by atoms with Gasteiger partial charge in [0.15, 0.2) is 0 Å².